The number of Topliss-reactive ketones (excluding diaryl/α,β-unsaturated/α-hetero) is 1. The molecule has 1 aromatic heterocycles. The summed E-state index contributed by atoms with van der Waals surface area (Å²) in [6.07, 6.45) is 3.20. The largest absolute Gasteiger partial charge is 0.358 e. The van der Waals surface area contributed by atoms with Gasteiger partial charge in [-0.2, -0.15) is 0 Å². The van der Waals surface area contributed by atoms with Crippen LogP contribution in [-0.4, -0.2) is 10.8 Å². The first-order valence-electron chi connectivity index (χ1n) is 9.60. The Morgan fingerprint density at radius 2 is 1.89 bits per heavy atom. The summed E-state index contributed by atoms with van der Waals surface area (Å²) < 4.78 is 0. The van der Waals surface area contributed by atoms with E-state index in [1.807, 2.05) is 36.4 Å². The van der Waals surface area contributed by atoms with E-state index in [-0.39, 0.29) is 17.1 Å². The fourth-order valence-corrected chi connectivity index (χ4v) is 4.95. The maximum atomic E-state index is 13.3. The number of allylic oxidation sites excluding steroid dienone is 2. The van der Waals surface area contributed by atoms with E-state index in [0.29, 0.717) is 11.4 Å². The lowest BCUT2D eigenvalue weighted by molar-refractivity contribution is -0.118. The summed E-state index contributed by atoms with van der Waals surface area (Å²) in [5.74, 6) is 0.0201. The van der Waals surface area contributed by atoms with Crippen LogP contribution in [0.1, 0.15) is 43.7 Å². The molecule has 5 rings (SSSR count). The van der Waals surface area contributed by atoms with Crippen molar-refractivity contribution in [1.29, 1.82) is 0 Å². The number of carbonyl (C=O) groups excluding carboxylic acids is 1. The highest BCUT2D eigenvalue weighted by Gasteiger charge is 2.41. The molecular weight excluding hydrogens is 368 g/mol. The van der Waals surface area contributed by atoms with E-state index in [1.54, 1.807) is 6.20 Å². The Hall–Kier alpha value is -2.65. The van der Waals surface area contributed by atoms with Gasteiger partial charge in [0.1, 0.15) is 0 Å². The zero-order valence-corrected chi connectivity index (χ0v) is 16.7. The number of carbonyl (C=O) groups is 1. The molecule has 3 nitrogen and oxygen atoms in total. The smallest absolute Gasteiger partial charge is 0.162 e. The zero-order chi connectivity index (χ0) is 19.5. The van der Waals surface area contributed by atoms with Gasteiger partial charge in [0.05, 0.1) is 5.52 Å². The Balaban J connectivity index is 1.84. The summed E-state index contributed by atoms with van der Waals surface area (Å²) in [7, 11) is 0. The number of halogens is 1. The second-order valence-electron chi connectivity index (χ2n) is 8.51. The Morgan fingerprint density at radius 3 is 2.71 bits per heavy atom. The van der Waals surface area contributed by atoms with Crippen LogP contribution in [0, 0.1) is 5.41 Å². The zero-order valence-electron chi connectivity index (χ0n) is 15.9. The van der Waals surface area contributed by atoms with Gasteiger partial charge in [0.15, 0.2) is 5.78 Å². The first kappa shape index (κ1) is 17.4. The van der Waals surface area contributed by atoms with Crippen molar-refractivity contribution in [2.24, 2.45) is 5.41 Å². The van der Waals surface area contributed by atoms with Gasteiger partial charge in [-0.25, -0.2) is 0 Å². The number of ketones is 1. The second kappa shape index (κ2) is 6.18. The molecule has 0 bridgehead atoms. The number of nitrogens with zero attached hydrogens (tertiary/aromatic N) is 1. The topological polar surface area (TPSA) is 42.0 Å². The van der Waals surface area contributed by atoms with Crippen molar-refractivity contribution in [3.8, 4) is 0 Å². The molecule has 4 heteroatoms. The van der Waals surface area contributed by atoms with Crippen molar-refractivity contribution in [2.75, 3.05) is 5.32 Å². The molecule has 3 aromatic rings. The number of anilines is 1. The Labute approximate surface area is 169 Å². The lowest BCUT2D eigenvalue weighted by Gasteiger charge is -2.40. The molecule has 1 atom stereocenters. The van der Waals surface area contributed by atoms with Crippen LogP contribution in [0.4, 0.5) is 5.69 Å². The van der Waals surface area contributed by atoms with Crippen LogP contribution < -0.4 is 5.32 Å². The van der Waals surface area contributed by atoms with E-state index in [4.69, 9.17) is 11.6 Å². The number of aromatic nitrogens is 1. The molecule has 1 N–H and O–H groups in total. The molecule has 0 amide bonds. The van der Waals surface area contributed by atoms with Gasteiger partial charge in [0, 0.05) is 45.9 Å². The standard InChI is InChI=1S/C24H21ClN2O/c1-24(2)12-19-23(20(28)13-24)22(14-6-3-4-8-16(14)25)21-15-7-5-11-26-17(15)9-10-18(21)27-19/h3-11,22,27H,12-13H2,1-2H3. The van der Waals surface area contributed by atoms with Crippen LogP contribution >= 0.6 is 11.6 Å². The van der Waals surface area contributed by atoms with Gasteiger partial charge >= 0.3 is 0 Å². The normalized spacial score (nSPS) is 20.5. The maximum absolute atomic E-state index is 13.3. The summed E-state index contributed by atoms with van der Waals surface area (Å²) in [5.41, 5.74) is 5.86. The van der Waals surface area contributed by atoms with E-state index >= 15 is 0 Å². The minimum absolute atomic E-state index is 0.0517. The molecule has 0 saturated carbocycles. The Bertz CT molecular complexity index is 1160. The van der Waals surface area contributed by atoms with Gasteiger partial charge in [-0.1, -0.05) is 49.7 Å². The van der Waals surface area contributed by atoms with Gasteiger partial charge in [-0.3, -0.25) is 9.78 Å². The van der Waals surface area contributed by atoms with Crippen molar-refractivity contribution < 1.29 is 4.79 Å². The van der Waals surface area contributed by atoms with E-state index < -0.39 is 0 Å². The third-order valence-corrected chi connectivity index (χ3v) is 6.17. The molecular formula is C24H21ClN2O. The van der Waals surface area contributed by atoms with Gasteiger partial charge in [0.25, 0.3) is 0 Å². The maximum Gasteiger partial charge on any atom is 0.162 e. The van der Waals surface area contributed by atoms with Crippen molar-refractivity contribution in [3.05, 3.63) is 82.1 Å². The van der Waals surface area contributed by atoms with Gasteiger partial charge in [-0.15, -0.1) is 0 Å². The summed E-state index contributed by atoms with van der Waals surface area (Å²) in [6, 6.07) is 16.0. The molecule has 0 spiro atoms. The van der Waals surface area contributed by atoms with Gasteiger partial charge in [-0.05, 0) is 47.2 Å². The summed E-state index contributed by atoms with van der Waals surface area (Å²) in [4.78, 5) is 17.9. The van der Waals surface area contributed by atoms with Crippen LogP contribution in [0.2, 0.25) is 5.02 Å². The molecule has 0 fully saturated rings. The lowest BCUT2D eigenvalue weighted by atomic mass is 9.68. The minimum atomic E-state index is -0.184. The predicted octanol–water partition coefficient (Wildman–Crippen LogP) is 6.09. The first-order valence-corrected chi connectivity index (χ1v) is 9.98. The number of benzene rings is 2. The quantitative estimate of drug-likeness (QED) is 0.548. The second-order valence-corrected chi connectivity index (χ2v) is 8.92. The molecule has 2 heterocycles. The minimum Gasteiger partial charge on any atom is -0.358 e. The van der Waals surface area contributed by atoms with E-state index in [9.17, 15) is 4.79 Å². The third kappa shape index (κ3) is 2.65. The van der Waals surface area contributed by atoms with Crippen molar-refractivity contribution in [1.82, 2.24) is 4.98 Å². The number of rotatable bonds is 1. The predicted molar refractivity (Wildman–Crippen MR) is 114 cm³/mol. The van der Waals surface area contributed by atoms with Crippen LogP contribution in [0.3, 0.4) is 0 Å². The van der Waals surface area contributed by atoms with Crippen molar-refractivity contribution >= 4 is 34.0 Å². The first-order chi connectivity index (χ1) is 13.4. The highest BCUT2D eigenvalue weighted by atomic mass is 35.5. The monoisotopic (exact) mass is 388 g/mol. The SMILES string of the molecule is CC1(C)CC(=O)C2=C(C1)Nc1ccc3ncccc3c1C2c1ccccc1Cl. The van der Waals surface area contributed by atoms with Crippen LogP contribution in [0.5, 0.6) is 0 Å². The highest BCUT2D eigenvalue weighted by Crippen LogP contribution is 2.51. The molecule has 0 radical (unpaired) electrons. The molecule has 0 saturated heterocycles. The molecule has 1 aliphatic heterocycles. The Morgan fingerprint density at radius 1 is 1.07 bits per heavy atom. The summed E-state index contributed by atoms with van der Waals surface area (Å²) >= 11 is 6.64. The summed E-state index contributed by atoms with van der Waals surface area (Å²) in [5, 5.41) is 5.33. The Kier molecular flexibility index (Phi) is 3.85. The van der Waals surface area contributed by atoms with Crippen molar-refractivity contribution in [2.45, 2.75) is 32.6 Å². The third-order valence-electron chi connectivity index (χ3n) is 5.83. The molecule has 28 heavy (non-hydrogen) atoms. The molecule has 2 aliphatic rings. The van der Waals surface area contributed by atoms with E-state index in [2.05, 4.69) is 36.3 Å². The lowest BCUT2D eigenvalue weighted by Crippen LogP contribution is -2.34. The fourth-order valence-electron chi connectivity index (χ4n) is 4.70. The highest BCUT2D eigenvalue weighted by molar-refractivity contribution is 6.31. The summed E-state index contributed by atoms with van der Waals surface area (Å²) in [6.45, 7) is 4.31. The average molecular weight is 389 g/mol. The fraction of sp³-hybridized carbons (Fsp3) is 0.250. The molecule has 1 aliphatic carbocycles. The van der Waals surface area contributed by atoms with Gasteiger partial charge in [0.2, 0.25) is 0 Å². The molecule has 2 aromatic carbocycles. The van der Waals surface area contributed by atoms with E-state index in [1.165, 1.54) is 0 Å². The number of hydrogen-bond donors (Lipinski definition) is 1. The number of fused-ring (bicyclic) bond motifs is 3. The van der Waals surface area contributed by atoms with Crippen LogP contribution in [0.15, 0.2) is 66.0 Å². The molecule has 1 unspecified atom stereocenters. The van der Waals surface area contributed by atoms with E-state index in [0.717, 1.165) is 45.4 Å². The van der Waals surface area contributed by atoms with Gasteiger partial charge < -0.3 is 5.32 Å². The van der Waals surface area contributed by atoms with Crippen LogP contribution in [-0.2, 0) is 4.79 Å². The van der Waals surface area contributed by atoms with Crippen LogP contribution in [0.25, 0.3) is 10.9 Å². The average Bonchev–Trinajstić information content (AvgIpc) is 2.65. The number of nitrogens with one attached hydrogen (secondary N) is 1. The molecule has 140 valence electrons. The number of hydrogen-bond acceptors (Lipinski definition) is 3. The number of pyridine rings is 1. The van der Waals surface area contributed by atoms with Crippen molar-refractivity contribution in [3.63, 3.8) is 0 Å².